The summed E-state index contributed by atoms with van der Waals surface area (Å²) in [5.74, 6) is 0.708. The number of H-pyrrole nitrogens is 1. The maximum atomic E-state index is 5.98. The Morgan fingerprint density at radius 1 is 1.17 bits per heavy atom. The summed E-state index contributed by atoms with van der Waals surface area (Å²) in [6.07, 6.45) is 1.81. The van der Waals surface area contributed by atoms with Crippen molar-refractivity contribution in [3.8, 4) is 11.5 Å². The minimum atomic E-state index is 0.484. The van der Waals surface area contributed by atoms with Crippen LogP contribution in [0.5, 0.6) is 0 Å². The van der Waals surface area contributed by atoms with Crippen LogP contribution < -0.4 is 0 Å². The fourth-order valence-electron chi connectivity index (χ4n) is 1.75. The van der Waals surface area contributed by atoms with E-state index < -0.39 is 0 Å². The zero-order valence-electron chi connectivity index (χ0n) is 10.0. The Bertz CT molecular complexity index is 677. The van der Waals surface area contributed by atoms with Gasteiger partial charge in [0.05, 0.1) is 5.52 Å². The summed E-state index contributed by atoms with van der Waals surface area (Å²) in [4.78, 5) is 16.2. The topological polar surface area (TPSA) is 54.5 Å². The smallest absolute Gasteiger partial charge is 0.179 e. The van der Waals surface area contributed by atoms with E-state index >= 15 is 0 Å². The van der Waals surface area contributed by atoms with Crippen LogP contribution in [0, 0.1) is 13.8 Å². The molecule has 3 heterocycles. The molecule has 3 aromatic rings. The molecular weight excluding hydrogens is 248 g/mol. The molecule has 3 aromatic heterocycles. The van der Waals surface area contributed by atoms with Crippen LogP contribution in [0.2, 0.25) is 5.15 Å². The SMILES string of the molecule is Cc1ccc(-c2nc3nc(Cl)c(C)cc3[nH]2)nc1. The second-order valence-corrected chi connectivity index (χ2v) is 4.63. The molecule has 0 aromatic carbocycles. The first-order chi connectivity index (χ1) is 8.63. The molecule has 0 aliphatic rings. The summed E-state index contributed by atoms with van der Waals surface area (Å²) < 4.78 is 0. The average Bonchev–Trinajstić information content (AvgIpc) is 2.73. The molecule has 90 valence electrons. The van der Waals surface area contributed by atoms with Gasteiger partial charge in [0.1, 0.15) is 10.8 Å². The largest absolute Gasteiger partial charge is 0.335 e. The van der Waals surface area contributed by atoms with Gasteiger partial charge in [-0.25, -0.2) is 9.97 Å². The van der Waals surface area contributed by atoms with Crippen molar-refractivity contribution in [1.82, 2.24) is 19.9 Å². The van der Waals surface area contributed by atoms with Gasteiger partial charge < -0.3 is 4.98 Å². The molecule has 18 heavy (non-hydrogen) atoms. The lowest BCUT2D eigenvalue weighted by Crippen LogP contribution is -1.85. The molecule has 0 amide bonds. The highest BCUT2D eigenvalue weighted by Crippen LogP contribution is 2.21. The van der Waals surface area contributed by atoms with E-state index in [2.05, 4.69) is 19.9 Å². The van der Waals surface area contributed by atoms with Gasteiger partial charge in [-0.15, -0.1) is 0 Å². The standard InChI is InChI=1S/C13H11ClN4/c1-7-3-4-9(15-6-7)12-16-10-5-8(2)11(14)17-13(10)18-12/h3-6H,1-2H3,(H,16,17,18). The fraction of sp³-hybridized carbons (Fsp3) is 0.154. The van der Waals surface area contributed by atoms with Crippen molar-refractivity contribution in [3.63, 3.8) is 0 Å². The zero-order valence-corrected chi connectivity index (χ0v) is 10.8. The summed E-state index contributed by atoms with van der Waals surface area (Å²) in [6.45, 7) is 3.92. The Kier molecular flexibility index (Phi) is 2.52. The highest BCUT2D eigenvalue weighted by Gasteiger charge is 2.09. The van der Waals surface area contributed by atoms with E-state index in [1.54, 1.807) is 0 Å². The van der Waals surface area contributed by atoms with E-state index in [4.69, 9.17) is 11.6 Å². The number of nitrogens with one attached hydrogen (secondary N) is 1. The van der Waals surface area contributed by atoms with Crippen LogP contribution >= 0.6 is 11.6 Å². The van der Waals surface area contributed by atoms with Gasteiger partial charge in [0.2, 0.25) is 0 Å². The maximum Gasteiger partial charge on any atom is 0.179 e. The lowest BCUT2D eigenvalue weighted by molar-refractivity contribution is 1.21. The number of aromatic nitrogens is 4. The fourth-order valence-corrected chi connectivity index (χ4v) is 1.88. The third kappa shape index (κ3) is 1.84. The van der Waals surface area contributed by atoms with Crippen LogP contribution in [0.15, 0.2) is 24.4 Å². The van der Waals surface area contributed by atoms with Crippen molar-refractivity contribution in [3.05, 3.63) is 40.7 Å². The predicted octanol–water partition coefficient (Wildman–Crippen LogP) is 3.29. The Labute approximate surface area is 109 Å². The molecular formula is C13H11ClN4. The van der Waals surface area contributed by atoms with Crippen LogP contribution in [0.25, 0.3) is 22.7 Å². The molecule has 1 N–H and O–H groups in total. The molecule has 4 nitrogen and oxygen atoms in total. The van der Waals surface area contributed by atoms with Gasteiger partial charge in [-0.05, 0) is 37.1 Å². The maximum absolute atomic E-state index is 5.98. The summed E-state index contributed by atoms with van der Waals surface area (Å²) in [5, 5.41) is 0.484. The number of hydrogen-bond donors (Lipinski definition) is 1. The van der Waals surface area contributed by atoms with Gasteiger partial charge in [0.25, 0.3) is 0 Å². The number of nitrogens with zero attached hydrogens (tertiary/aromatic N) is 3. The Morgan fingerprint density at radius 2 is 2.00 bits per heavy atom. The molecule has 0 spiro atoms. The van der Waals surface area contributed by atoms with Crippen molar-refractivity contribution in [2.45, 2.75) is 13.8 Å². The first-order valence-corrected chi connectivity index (χ1v) is 5.97. The quantitative estimate of drug-likeness (QED) is 0.682. The molecule has 5 heteroatoms. The number of pyridine rings is 2. The Hall–Kier alpha value is -1.94. The van der Waals surface area contributed by atoms with Crippen molar-refractivity contribution in [1.29, 1.82) is 0 Å². The van der Waals surface area contributed by atoms with E-state index in [1.807, 2.05) is 38.2 Å². The van der Waals surface area contributed by atoms with Crippen LogP contribution in [-0.4, -0.2) is 19.9 Å². The van der Waals surface area contributed by atoms with Gasteiger partial charge in [0.15, 0.2) is 11.5 Å². The van der Waals surface area contributed by atoms with E-state index in [0.717, 1.165) is 22.3 Å². The van der Waals surface area contributed by atoms with Crippen LogP contribution in [0.4, 0.5) is 0 Å². The van der Waals surface area contributed by atoms with Crippen LogP contribution in [0.1, 0.15) is 11.1 Å². The third-order valence-electron chi connectivity index (χ3n) is 2.76. The highest BCUT2D eigenvalue weighted by atomic mass is 35.5. The van der Waals surface area contributed by atoms with Gasteiger partial charge >= 0.3 is 0 Å². The predicted molar refractivity (Wildman–Crippen MR) is 71.6 cm³/mol. The molecule has 0 radical (unpaired) electrons. The summed E-state index contributed by atoms with van der Waals surface area (Å²) in [5.41, 5.74) is 4.33. The number of aryl methyl sites for hydroxylation is 2. The van der Waals surface area contributed by atoms with E-state index in [9.17, 15) is 0 Å². The summed E-state index contributed by atoms with van der Waals surface area (Å²) >= 11 is 5.98. The van der Waals surface area contributed by atoms with Gasteiger partial charge in [-0.2, -0.15) is 0 Å². The number of hydrogen-bond acceptors (Lipinski definition) is 3. The van der Waals surface area contributed by atoms with Gasteiger partial charge in [-0.3, -0.25) is 4.98 Å². The summed E-state index contributed by atoms with van der Waals surface area (Å²) in [7, 11) is 0. The summed E-state index contributed by atoms with van der Waals surface area (Å²) in [6, 6.07) is 5.87. The van der Waals surface area contributed by atoms with Crippen molar-refractivity contribution in [2.24, 2.45) is 0 Å². The lowest BCUT2D eigenvalue weighted by atomic mass is 10.3. The molecule has 0 bridgehead atoms. The van der Waals surface area contributed by atoms with Crippen LogP contribution in [-0.2, 0) is 0 Å². The number of halogens is 1. The van der Waals surface area contributed by atoms with Gasteiger partial charge in [0, 0.05) is 6.20 Å². The first kappa shape index (κ1) is 11.2. The minimum absolute atomic E-state index is 0.484. The number of aromatic amines is 1. The third-order valence-corrected chi connectivity index (χ3v) is 3.14. The highest BCUT2D eigenvalue weighted by molar-refractivity contribution is 6.30. The Balaban J connectivity index is 2.16. The molecule has 0 atom stereocenters. The van der Waals surface area contributed by atoms with Crippen molar-refractivity contribution < 1.29 is 0 Å². The lowest BCUT2D eigenvalue weighted by Gasteiger charge is -1.95. The van der Waals surface area contributed by atoms with Crippen molar-refractivity contribution in [2.75, 3.05) is 0 Å². The molecule has 0 fully saturated rings. The average molecular weight is 259 g/mol. The molecule has 0 saturated heterocycles. The zero-order chi connectivity index (χ0) is 12.7. The molecule has 0 unspecified atom stereocenters. The number of fused-ring (bicyclic) bond motifs is 1. The number of rotatable bonds is 1. The van der Waals surface area contributed by atoms with E-state index in [0.29, 0.717) is 16.6 Å². The second kappa shape index (κ2) is 4.07. The van der Waals surface area contributed by atoms with E-state index in [-0.39, 0.29) is 0 Å². The molecule has 0 saturated carbocycles. The minimum Gasteiger partial charge on any atom is -0.335 e. The van der Waals surface area contributed by atoms with E-state index in [1.165, 1.54) is 0 Å². The van der Waals surface area contributed by atoms with Crippen LogP contribution in [0.3, 0.4) is 0 Å². The Morgan fingerprint density at radius 3 is 2.72 bits per heavy atom. The molecule has 0 aliphatic heterocycles. The number of imidazole rings is 1. The molecule has 0 aliphatic carbocycles. The first-order valence-electron chi connectivity index (χ1n) is 5.59. The monoisotopic (exact) mass is 258 g/mol. The van der Waals surface area contributed by atoms with Gasteiger partial charge in [-0.1, -0.05) is 17.7 Å². The normalized spacial score (nSPS) is 11.1. The van der Waals surface area contributed by atoms with Crippen molar-refractivity contribution >= 4 is 22.8 Å². The molecule has 3 rings (SSSR count). The second-order valence-electron chi connectivity index (χ2n) is 4.27.